The first-order chi connectivity index (χ1) is 9.74. The molecule has 3 rings (SSSR count). The molecule has 0 bridgehead atoms. The van der Waals surface area contributed by atoms with Crippen molar-refractivity contribution in [2.45, 2.75) is 25.7 Å². The predicted octanol–water partition coefficient (Wildman–Crippen LogP) is 2.93. The highest BCUT2D eigenvalue weighted by Gasteiger charge is 2.24. The van der Waals surface area contributed by atoms with Gasteiger partial charge in [0.2, 0.25) is 5.91 Å². The number of carbonyl (C=O) groups is 1. The van der Waals surface area contributed by atoms with E-state index >= 15 is 0 Å². The fourth-order valence-corrected chi connectivity index (χ4v) is 3.57. The van der Waals surface area contributed by atoms with Crippen molar-refractivity contribution in [3.8, 4) is 11.3 Å². The highest BCUT2D eigenvalue weighted by Crippen LogP contribution is 2.32. The van der Waals surface area contributed by atoms with Crippen molar-refractivity contribution in [3.05, 3.63) is 34.9 Å². The summed E-state index contributed by atoms with van der Waals surface area (Å²) in [6.45, 7) is 3.35. The molecule has 5 heteroatoms. The topological polar surface area (TPSA) is 46.1 Å². The highest BCUT2D eigenvalue weighted by molar-refractivity contribution is 7.10. The largest absolute Gasteiger partial charge is 0.343 e. The molecular formula is C15H17N3OS. The number of aromatic nitrogens is 2. The molecule has 0 aromatic carbocycles. The van der Waals surface area contributed by atoms with E-state index < -0.39 is 0 Å². The van der Waals surface area contributed by atoms with E-state index in [2.05, 4.69) is 10.4 Å². The molecule has 1 saturated heterocycles. The van der Waals surface area contributed by atoms with Crippen LogP contribution in [-0.2, 0) is 4.79 Å². The Labute approximate surface area is 122 Å². The lowest BCUT2D eigenvalue weighted by molar-refractivity contribution is -0.129. The predicted molar refractivity (Wildman–Crippen MR) is 79.6 cm³/mol. The van der Waals surface area contributed by atoms with E-state index in [0.717, 1.165) is 37.2 Å². The smallest absolute Gasteiger partial charge is 0.219 e. The summed E-state index contributed by atoms with van der Waals surface area (Å²) in [7, 11) is 0. The first-order valence-corrected chi connectivity index (χ1v) is 7.73. The second kappa shape index (κ2) is 5.71. The van der Waals surface area contributed by atoms with Crippen LogP contribution in [0.4, 0.5) is 0 Å². The Hall–Kier alpha value is -1.75. The first-order valence-electron chi connectivity index (χ1n) is 6.85. The molecule has 3 heterocycles. The normalized spacial score (nSPS) is 16.4. The van der Waals surface area contributed by atoms with Crippen molar-refractivity contribution in [1.29, 1.82) is 0 Å². The summed E-state index contributed by atoms with van der Waals surface area (Å²) in [6, 6.07) is 3.97. The van der Waals surface area contributed by atoms with Crippen LogP contribution in [0.15, 0.2) is 29.9 Å². The second-order valence-corrected chi connectivity index (χ2v) is 5.98. The monoisotopic (exact) mass is 287 g/mol. The molecule has 1 amide bonds. The van der Waals surface area contributed by atoms with Crippen LogP contribution in [0.3, 0.4) is 0 Å². The molecular weight excluding hydrogens is 270 g/mol. The molecule has 104 valence electrons. The van der Waals surface area contributed by atoms with Crippen LogP contribution in [0.25, 0.3) is 11.3 Å². The Kier molecular flexibility index (Phi) is 3.78. The number of amides is 1. The Morgan fingerprint density at radius 1 is 1.30 bits per heavy atom. The second-order valence-electron chi connectivity index (χ2n) is 5.09. The van der Waals surface area contributed by atoms with E-state index in [1.54, 1.807) is 30.7 Å². The summed E-state index contributed by atoms with van der Waals surface area (Å²) in [5, 5.41) is 3.31. The van der Waals surface area contributed by atoms with E-state index in [1.165, 1.54) is 5.01 Å². The number of pyridine rings is 1. The highest BCUT2D eigenvalue weighted by atomic mass is 32.1. The zero-order chi connectivity index (χ0) is 13.9. The van der Waals surface area contributed by atoms with Crippen molar-refractivity contribution in [1.82, 2.24) is 14.9 Å². The third kappa shape index (κ3) is 2.72. The number of hydrogen-bond donors (Lipinski definition) is 0. The molecule has 4 nitrogen and oxygen atoms in total. The fourth-order valence-electron chi connectivity index (χ4n) is 2.57. The number of likely N-dealkylation sites (tertiary alicyclic amines) is 1. The lowest BCUT2D eigenvalue weighted by Crippen LogP contribution is -2.36. The van der Waals surface area contributed by atoms with Gasteiger partial charge in [0.25, 0.3) is 0 Å². The number of thiazole rings is 1. The van der Waals surface area contributed by atoms with Crippen molar-refractivity contribution >= 4 is 17.2 Å². The molecule has 0 radical (unpaired) electrons. The Bertz CT molecular complexity index is 588. The average molecular weight is 287 g/mol. The molecule has 0 N–H and O–H groups in total. The van der Waals surface area contributed by atoms with Crippen LogP contribution in [0.2, 0.25) is 0 Å². The summed E-state index contributed by atoms with van der Waals surface area (Å²) >= 11 is 1.73. The molecule has 2 aromatic rings. The molecule has 0 aliphatic carbocycles. The molecule has 1 fully saturated rings. The van der Waals surface area contributed by atoms with Gasteiger partial charge in [-0.1, -0.05) is 0 Å². The maximum absolute atomic E-state index is 11.3. The molecule has 0 saturated carbocycles. The summed E-state index contributed by atoms with van der Waals surface area (Å²) in [5.41, 5.74) is 2.14. The van der Waals surface area contributed by atoms with Crippen molar-refractivity contribution in [2.24, 2.45) is 0 Å². The molecule has 0 spiro atoms. The van der Waals surface area contributed by atoms with Gasteiger partial charge in [0.1, 0.15) is 0 Å². The van der Waals surface area contributed by atoms with Crippen LogP contribution in [-0.4, -0.2) is 33.9 Å². The average Bonchev–Trinajstić information content (AvgIpc) is 2.98. The summed E-state index contributed by atoms with van der Waals surface area (Å²) in [5.74, 6) is 0.672. The zero-order valence-electron chi connectivity index (χ0n) is 11.5. The third-order valence-electron chi connectivity index (χ3n) is 3.79. The quantitative estimate of drug-likeness (QED) is 0.853. The molecule has 0 unspecified atom stereocenters. The van der Waals surface area contributed by atoms with Gasteiger partial charge in [0.05, 0.1) is 10.7 Å². The maximum Gasteiger partial charge on any atom is 0.219 e. The lowest BCUT2D eigenvalue weighted by Gasteiger charge is -2.30. The maximum atomic E-state index is 11.3. The lowest BCUT2D eigenvalue weighted by atomic mass is 9.97. The van der Waals surface area contributed by atoms with Gasteiger partial charge in [0.15, 0.2) is 0 Å². The number of nitrogens with zero attached hydrogens (tertiary/aromatic N) is 3. The SMILES string of the molecule is CC(=O)N1CCC(c2nc(-c3ccncc3)cs2)CC1. The first kappa shape index (κ1) is 13.2. The van der Waals surface area contributed by atoms with Gasteiger partial charge >= 0.3 is 0 Å². The Morgan fingerprint density at radius 3 is 2.65 bits per heavy atom. The minimum absolute atomic E-state index is 0.181. The van der Waals surface area contributed by atoms with Gasteiger partial charge in [-0.2, -0.15) is 0 Å². The van der Waals surface area contributed by atoms with Crippen LogP contribution >= 0.6 is 11.3 Å². The minimum Gasteiger partial charge on any atom is -0.343 e. The molecule has 20 heavy (non-hydrogen) atoms. The Morgan fingerprint density at radius 2 is 2.00 bits per heavy atom. The number of hydrogen-bond acceptors (Lipinski definition) is 4. The summed E-state index contributed by atoms with van der Waals surface area (Å²) in [4.78, 5) is 22.1. The number of rotatable bonds is 2. The van der Waals surface area contributed by atoms with Crippen LogP contribution < -0.4 is 0 Å². The molecule has 1 aliphatic heterocycles. The van der Waals surface area contributed by atoms with Crippen LogP contribution in [0.1, 0.15) is 30.7 Å². The van der Waals surface area contributed by atoms with E-state index in [9.17, 15) is 4.79 Å². The van der Waals surface area contributed by atoms with Crippen LogP contribution in [0, 0.1) is 0 Å². The van der Waals surface area contributed by atoms with Crippen molar-refractivity contribution in [3.63, 3.8) is 0 Å². The van der Waals surface area contributed by atoms with E-state index in [-0.39, 0.29) is 5.91 Å². The van der Waals surface area contributed by atoms with E-state index in [4.69, 9.17) is 4.98 Å². The standard InChI is InChI=1S/C15H17N3OS/c1-11(19)18-8-4-13(5-9-18)15-17-14(10-20-15)12-2-6-16-7-3-12/h2-3,6-7,10,13H,4-5,8-9H2,1H3. The van der Waals surface area contributed by atoms with Gasteiger partial charge in [-0.3, -0.25) is 9.78 Å². The summed E-state index contributed by atoms with van der Waals surface area (Å²) < 4.78 is 0. The fraction of sp³-hybridized carbons (Fsp3) is 0.400. The molecule has 0 atom stereocenters. The third-order valence-corrected chi connectivity index (χ3v) is 4.79. The van der Waals surface area contributed by atoms with Gasteiger partial charge in [-0.25, -0.2) is 4.98 Å². The minimum atomic E-state index is 0.181. The number of piperidine rings is 1. The molecule has 1 aliphatic rings. The number of carbonyl (C=O) groups excluding carboxylic acids is 1. The van der Waals surface area contributed by atoms with Gasteiger partial charge in [-0.05, 0) is 25.0 Å². The van der Waals surface area contributed by atoms with Crippen LogP contribution in [0.5, 0.6) is 0 Å². The van der Waals surface area contributed by atoms with E-state index in [1.807, 2.05) is 17.0 Å². The van der Waals surface area contributed by atoms with Crippen molar-refractivity contribution in [2.75, 3.05) is 13.1 Å². The summed E-state index contributed by atoms with van der Waals surface area (Å²) in [6.07, 6.45) is 5.62. The van der Waals surface area contributed by atoms with Gasteiger partial charge in [0, 0.05) is 49.3 Å². The zero-order valence-corrected chi connectivity index (χ0v) is 12.3. The van der Waals surface area contributed by atoms with Crippen molar-refractivity contribution < 1.29 is 4.79 Å². The Balaban J connectivity index is 1.71. The molecule has 2 aromatic heterocycles. The van der Waals surface area contributed by atoms with Gasteiger partial charge < -0.3 is 4.90 Å². The van der Waals surface area contributed by atoms with E-state index in [0.29, 0.717) is 5.92 Å². The van der Waals surface area contributed by atoms with Gasteiger partial charge in [-0.15, -0.1) is 11.3 Å².